The maximum atomic E-state index is 13.7. The Morgan fingerprint density at radius 3 is 2.37 bits per heavy atom. The van der Waals surface area contributed by atoms with Crippen molar-refractivity contribution in [3.8, 4) is 0 Å². The van der Waals surface area contributed by atoms with Crippen LogP contribution in [0.2, 0.25) is 0 Å². The van der Waals surface area contributed by atoms with E-state index in [4.69, 9.17) is 0 Å². The Balaban J connectivity index is 1.60. The van der Waals surface area contributed by atoms with Crippen molar-refractivity contribution < 1.29 is 27.7 Å². The number of benzene rings is 3. The van der Waals surface area contributed by atoms with Gasteiger partial charge in [-0.25, -0.2) is 13.2 Å². The van der Waals surface area contributed by atoms with E-state index in [0.29, 0.717) is 10.6 Å². The van der Waals surface area contributed by atoms with E-state index < -0.39 is 35.1 Å². The third-order valence-electron chi connectivity index (χ3n) is 4.90. The van der Waals surface area contributed by atoms with E-state index in [1.165, 1.54) is 0 Å². The third-order valence-corrected chi connectivity index (χ3v) is 4.90. The average Bonchev–Trinajstić information content (AvgIpc) is 2.73. The molecule has 8 heteroatoms. The van der Waals surface area contributed by atoms with E-state index in [9.17, 15) is 22.8 Å². The molecule has 3 rings (SSSR count). The van der Waals surface area contributed by atoms with Gasteiger partial charge in [-0.05, 0) is 42.0 Å². The van der Waals surface area contributed by atoms with Crippen LogP contribution < -0.4 is 15.5 Å². The molecule has 2 amide bonds. The summed E-state index contributed by atoms with van der Waals surface area (Å²) < 4.78 is 40.0. The molecule has 2 atom stereocenters. The molecular weight excluding hydrogens is 395 g/mol. The van der Waals surface area contributed by atoms with Gasteiger partial charge in [0.25, 0.3) is 11.8 Å². The topological polar surface area (TPSA) is 62.6 Å². The predicted octanol–water partition coefficient (Wildman–Crippen LogP) is 2.74. The van der Waals surface area contributed by atoms with Gasteiger partial charge in [-0.15, -0.1) is 0 Å². The zero-order chi connectivity index (χ0) is 21.8. The molecule has 1 unspecified atom stereocenters. The molecule has 0 bridgehead atoms. The van der Waals surface area contributed by atoms with Crippen LogP contribution in [0.4, 0.5) is 24.5 Å². The van der Waals surface area contributed by atoms with Crippen LogP contribution in [-0.4, -0.2) is 31.4 Å². The number of halogens is 3. The van der Waals surface area contributed by atoms with Crippen molar-refractivity contribution in [2.45, 2.75) is 13.0 Å². The van der Waals surface area contributed by atoms with Gasteiger partial charge >= 0.3 is 0 Å². The standard InChI is InChI=1S/C22H20F3N3O2/c1-13(22(30)26-16-8-7-14-5-3-4-6-15(14)11-16)28(2)12-19(29)27-18-10-9-17(23)20(24)21(18)25/h3-11,13H,12H2,1-2H3,(H,26,30)(H,27,29)/p+1/t13-/m0/s1. The molecule has 5 nitrogen and oxygen atoms in total. The molecule has 0 aliphatic rings. The number of quaternary nitrogens is 1. The number of rotatable bonds is 6. The molecule has 0 saturated carbocycles. The number of anilines is 2. The second-order valence-corrected chi connectivity index (χ2v) is 7.07. The molecule has 3 N–H and O–H groups in total. The first-order chi connectivity index (χ1) is 14.3. The zero-order valence-corrected chi connectivity index (χ0v) is 16.4. The van der Waals surface area contributed by atoms with Crippen molar-refractivity contribution in [2.75, 3.05) is 24.2 Å². The average molecular weight is 416 g/mol. The summed E-state index contributed by atoms with van der Waals surface area (Å²) in [4.78, 5) is 25.2. The summed E-state index contributed by atoms with van der Waals surface area (Å²) in [6.45, 7) is 1.47. The Morgan fingerprint density at radius 2 is 1.63 bits per heavy atom. The lowest BCUT2D eigenvalue weighted by Gasteiger charge is -2.21. The highest BCUT2D eigenvalue weighted by molar-refractivity contribution is 5.97. The van der Waals surface area contributed by atoms with E-state index in [0.717, 1.165) is 22.9 Å². The smallest absolute Gasteiger partial charge is 0.282 e. The first-order valence-electron chi connectivity index (χ1n) is 9.31. The number of carbonyl (C=O) groups excluding carboxylic acids is 2. The molecule has 3 aromatic rings. The predicted molar refractivity (Wildman–Crippen MR) is 109 cm³/mol. The van der Waals surface area contributed by atoms with Gasteiger partial charge in [-0.2, -0.15) is 0 Å². The van der Waals surface area contributed by atoms with Gasteiger partial charge in [0.2, 0.25) is 0 Å². The van der Waals surface area contributed by atoms with E-state index in [1.807, 2.05) is 36.4 Å². The maximum absolute atomic E-state index is 13.7. The van der Waals surface area contributed by atoms with Crippen LogP contribution >= 0.6 is 0 Å². The molecule has 0 aliphatic carbocycles. The second kappa shape index (κ2) is 8.96. The van der Waals surface area contributed by atoms with Crippen molar-refractivity contribution >= 4 is 34.0 Å². The fraction of sp³-hybridized carbons (Fsp3) is 0.182. The molecule has 30 heavy (non-hydrogen) atoms. The molecule has 0 aromatic heterocycles. The van der Waals surface area contributed by atoms with Gasteiger partial charge in [-0.1, -0.05) is 30.3 Å². The lowest BCUT2D eigenvalue weighted by atomic mass is 10.1. The van der Waals surface area contributed by atoms with E-state index >= 15 is 0 Å². The normalized spacial score (nSPS) is 13.0. The second-order valence-electron chi connectivity index (χ2n) is 7.07. The van der Waals surface area contributed by atoms with Crippen LogP contribution in [0.5, 0.6) is 0 Å². The summed E-state index contributed by atoms with van der Waals surface area (Å²) in [5.41, 5.74) is 0.173. The van der Waals surface area contributed by atoms with Crippen LogP contribution in [-0.2, 0) is 9.59 Å². The summed E-state index contributed by atoms with van der Waals surface area (Å²) in [5.74, 6) is -5.40. The first-order valence-corrected chi connectivity index (χ1v) is 9.31. The fourth-order valence-electron chi connectivity index (χ4n) is 2.96. The Morgan fingerprint density at radius 1 is 0.933 bits per heavy atom. The Hall–Kier alpha value is -3.39. The molecule has 3 aromatic carbocycles. The van der Waals surface area contributed by atoms with Crippen LogP contribution in [0, 0.1) is 17.5 Å². The number of likely N-dealkylation sites (N-methyl/N-ethyl adjacent to an activating group) is 1. The largest absolute Gasteiger partial charge is 0.321 e. The molecule has 156 valence electrons. The molecule has 0 radical (unpaired) electrons. The van der Waals surface area contributed by atoms with Crippen LogP contribution in [0.1, 0.15) is 6.92 Å². The van der Waals surface area contributed by atoms with Crippen LogP contribution in [0.15, 0.2) is 54.6 Å². The van der Waals surface area contributed by atoms with Gasteiger partial charge < -0.3 is 15.5 Å². The lowest BCUT2D eigenvalue weighted by Crippen LogP contribution is -3.14. The van der Waals surface area contributed by atoms with Gasteiger partial charge in [0, 0.05) is 5.69 Å². The SMILES string of the molecule is C[C@@H](C(=O)Nc1ccc2ccccc2c1)[NH+](C)CC(=O)Nc1ccc(F)c(F)c1F. The number of hydrogen-bond donors (Lipinski definition) is 3. The summed E-state index contributed by atoms with van der Waals surface area (Å²) >= 11 is 0. The molecule has 0 saturated heterocycles. The van der Waals surface area contributed by atoms with Crippen molar-refractivity contribution in [1.29, 1.82) is 0 Å². The minimum absolute atomic E-state index is 0.176. The molecular formula is C22H21F3N3O2+. The quantitative estimate of drug-likeness (QED) is 0.541. The molecule has 0 spiro atoms. The monoisotopic (exact) mass is 416 g/mol. The fourth-order valence-corrected chi connectivity index (χ4v) is 2.96. The molecule has 0 fully saturated rings. The van der Waals surface area contributed by atoms with E-state index in [1.54, 1.807) is 20.0 Å². The zero-order valence-electron chi connectivity index (χ0n) is 16.4. The number of carbonyl (C=O) groups is 2. The minimum Gasteiger partial charge on any atom is -0.321 e. The number of hydrogen-bond acceptors (Lipinski definition) is 2. The highest BCUT2D eigenvalue weighted by atomic mass is 19.2. The van der Waals surface area contributed by atoms with Crippen LogP contribution in [0.25, 0.3) is 10.8 Å². The number of amides is 2. The Labute approximate surface area is 171 Å². The van der Waals surface area contributed by atoms with Crippen molar-refractivity contribution in [2.24, 2.45) is 0 Å². The summed E-state index contributed by atoms with van der Waals surface area (Å²) in [5, 5.41) is 7.05. The van der Waals surface area contributed by atoms with E-state index in [2.05, 4.69) is 10.6 Å². The van der Waals surface area contributed by atoms with Gasteiger partial charge in [-0.3, -0.25) is 9.59 Å². The van der Waals surface area contributed by atoms with Crippen molar-refractivity contribution in [3.63, 3.8) is 0 Å². The molecule has 0 aliphatic heterocycles. The van der Waals surface area contributed by atoms with E-state index in [-0.39, 0.29) is 12.5 Å². The lowest BCUT2D eigenvalue weighted by molar-refractivity contribution is -0.885. The molecule has 0 heterocycles. The number of fused-ring (bicyclic) bond motifs is 1. The highest BCUT2D eigenvalue weighted by Crippen LogP contribution is 2.20. The van der Waals surface area contributed by atoms with Crippen LogP contribution in [0.3, 0.4) is 0 Å². The Bertz CT molecular complexity index is 1100. The highest BCUT2D eigenvalue weighted by Gasteiger charge is 2.25. The summed E-state index contributed by atoms with van der Waals surface area (Å²) in [6.07, 6.45) is 0. The number of nitrogens with one attached hydrogen (secondary N) is 3. The first kappa shape index (κ1) is 21.3. The van der Waals surface area contributed by atoms with Crippen molar-refractivity contribution in [3.05, 3.63) is 72.0 Å². The Kier molecular flexibility index (Phi) is 6.37. The maximum Gasteiger partial charge on any atom is 0.282 e. The van der Waals surface area contributed by atoms with Gasteiger partial charge in [0.1, 0.15) is 0 Å². The third kappa shape index (κ3) is 4.77. The van der Waals surface area contributed by atoms with Gasteiger partial charge in [0.15, 0.2) is 30.0 Å². The minimum atomic E-state index is -1.66. The van der Waals surface area contributed by atoms with Crippen molar-refractivity contribution in [1.82, 2.24) is 0 Å². The summed E-state index contributed by atoms with van der Waals surface area (Å²) in [6, 6.07) is 14.4. The summed E-state index contributed by atoms with van der Waals surface area (Å²) in [7, 11) is 1.63. The van der Waals surface area contributed by atoms with Gasteiger partial charge in [0.05, 0.1) is 12.7 Å².